The van der Waals surface area contributed by atoms with E-state index in [1.54, 1.807) is 0 Å². The molecule has 0 bridgehead atoms. The first-order chi connectivity index (χ1) is 16.0. The van der Waals surface area contributed by atoms with Crippen molar-refractivity contribution < 1.29 is 28.2 Å². The Kier molecular flexibility index (Phi) is 10.9. The third-order valence-corrected chi connectivity index (χ3v) is 6.41. The molecule has 0 saturated carbocycles. The second-order valence-electron chi connectivity index (χ2n) is 9.96. The highest BCUT2D eigenvalue weighted by atomic mass is 31.2. The normalized spacial score (nSPS) is 12.4. The molecule has 2 aromatic carbocycles. The van der Waals surface area contributed by atoms with Crippen LogP contribution < -0.4 is 5.32 Å². The summed E-state index contributed by atoms with van der Waals surface area (Å²) in [5.74, 6) is 0. The van der Waals surface area contributed by atoms with E-state index in [0.29, 0.717) is 19.6 Å². The molecule has 8 heteroatoms. The molecule has 2 aromatic rings. The number of carbonyl (C=O) groups is 1. The molecule has 0 radical (unpaired) electrons. The number of rotatable bonds is 13. The zero-order valence-corrected chi connectivity index (χ0v) is 21.8. The molecule has 188 valence electrons. The first kappa shape index (κ1) is 28.2. The fourth-order valence-electron chi connectivity index (χ4n) is 2.85. The fraction of sp³-hybridized carbons (Fsp3) is 0.500. The van der Waals surface area contributed by atoms with E-state index in [-0.39, 0.29) is 25.0 Å². The molecule has 0 fully saturated rings. The number of alkyl carbamates (subject to hydrolysis) is 1. The van der Waals surface area contributed by atoms with Crippen LogP contribution in [0.2, 0.25) is 0 Å². The third-order valence-electron chi connectivity index (χ3n) is 4.84. The molecule has 7 nitrogen and oxygen atoms in total. The molecule has 2 rings (SSSR count). The highest BCUT2D eigenvalue weighted by molar-refractivity contribution is 7.60. The maximum absolute atomic E-state index is 11.9. The molecule has 0 heterocycles. The van der Waals surface area contributed by atoms with Crippen LogP contribution >= 0.6 is 7.94 Å². The van der Waals surface area contributed by atoms with Gasteiger partial charge in [0.25, 0.3) is 0 Å². The van der Waals surface area contributed by atoms with Gasteiger partial charge >= 0.3 is 14.0 Å². The quantitative estimate of drug-likeness (QED) is 0.260. The largest absolute Gasteiger partial charge is 0.444 e. The zero-order valence-electron chi connectivity index (χ0n) is 21.0. The average Bonchev–Trinajstić information content (AvgIpc) is 2.79. The number of nitrogens with one attached hydrogen (secondary N) is 1. The standard InChI is InChI=1S/C26H38NO6P/c1-25(2,3)33-24(28)27-20-26(4,5)16-17-30-21-34(29,31-18-22-12-8-6-9-13-22)32-19-23-14-10-7-11-15-23/h6-15,29H,16-21H2,1-5H3/p+1. The summed E-state index contributed by atoms with van der Waals surface area (Å²) in [6, 6.07) is 19.3. The lowest BCUT2D eigenvalue weighted by atomic mass is 9.90. The summed E-state index contributed by atoms with van der Waals surface area (Å²) in [5.41, 5.74) is 1.13. The number of amides is 1. The van der Waals surface area contributed by atoms with Crippen molar-refractivity contribution in [1.29, 1.82) is 0 Å². The van der Waals surface area contributed by atoms with E-state index >= 15 is 0 Å². The predicted molar refractivity (Wildman–Crippen MR) is 135 cm³/mol. The molecule has 34 heavy (non-hydrogen) atoms. The van der Waals surface area contributed by atoms with E-state index in [2.05, 4.69) is 5.32 Å². The van der Waals surface area contributed by atoms with Gasteiger partial charge in [-0.1, -0.05) is 74.5 Å². The average molecular weight is 493 g/mol. The highest BCUT2D eigenvalue weighted by Gasteiger charge is 2.42. The Labute approximate surface area is 204 Å². The zero-order chi connectivity index (χ0) is 25.1. The predicted octanol–water partition coefficient (Wildman–Crippen LogP) is 6.09. The highest BCUT2D eigenvalue weighted by Crippen LogP contribution is 2.58. The van der Waals surface area contributed by atoms with Crippen LogP contribution in [0.5, 0.6) is 0 Å². The first-order valence-electron chi connectivity index (χ1n) is 11.5. The number of benzene rings is 2. The van der Waals surface area contributed by atoms with Crippen LogP contribution in [-0.2, 0) is 31.7 Å². The first-order valence-corrected chi connectivity index (χ1v) is 13.3. The van der Waals surface area contributed by atoms with Gasteiger partial charge in [-0.25, -0.2) is 4.79 Å². The monoisotopic (exact) mass is 492 g/mol. The molecule has 1 amide bonds. The molecule has 0 unspecified atom stereocenters. The molecule has 0 aromatic heterocycles. The summed E-state index contributed by atoms with van der Waals surface area (Å²) in [6.07, 6.45) is 0.188. The van der Waals surface area contributed by atoms with Gasteiger partial charge < -0.3 is 14.8 Å². The molecule has 0 aliphatic carbocycles. The fourth-order valence-corrected chi connectivity index (χ4v) is 4.14. The number of hydrogen-bond acceptors (Lipinski definition) is 6. The van der Waals surface area contributed by atoms with Gasteiger partial charge in [0.1, 0.15) is 18.8 Å². The van der Waals surface area contributed by atoms with E-state index in [1.807, 2.05) is 95.3 Å². The minimum Gasteiger partial charge on any atom is -0.444 e. The number of ether oxygens (including phenoxy) is 2. The van der Waals surface area contributed by atoms with Crippen molar-refractivity contribution in [3.8, 4) is 0 Å². The maximum atomic E-state index is 11.9. The summed E-state index contributed by atoms with van der Waals surface area (Å²) in [6.45, 7) is 10.8. The molecule has 0 saturated heterocycles. The Morgan fingerprint density at radius 2 is 1.38 bits per heavy atom. The molecule has 0 spiro atoms. The van der Waals surface area contributed by atoms with Crippen molar-refractivity contribution >= 4 is 14.0 Å². The summed E-state index contributed by atoms with van der Waals surface area (Å²) in [5, 5.41) is 2.81. The van der Waals surface area contributed by atoms with Crippen LogP contribution in [-0.4, -0.2) is 36.1 Å². The van der Waals surface area contributed by atoms with Gasteiger partial charge in [0, 0.05) is 6.54 Å². The van der Waals surface area contributed by atoms with Gasteiger partial charge in [0.05, 0.1) is 6.61 Å². The van der Waals surface area contributed by atoms with Gasteiger partial charge in [0.15, 0.2) is 0 Å². The molecule has 2 N–H and O–H groups in total. The van der Waals surface area contributed by atoms with Crippen molar-refractivity contribution in [2.45, 2.75) is 59.9 Å². The van der Waals surface area contributed by atoms with E-state index in [1.165, 1.54) is 0 Å². The molecular formula is C26H39NO6P+. The summed E-state index contributed by atoms with van der Waals surface area (Å²) in [4.78, 5) is 23.0. The minimum absolute atomic E-state index is 0.0394. The van der Waals surface area contributed by atoms with Gasteiger partial charge in [-0.2, -0.15) is 13.9 Å². The minimum atomic E-state index is -3.25. The molecule has 0 aliphatic heterocycles. The topological polar surface area (TPSA) is 86.3 Å². The number of hydrogen-bond donors (Lipinski definition) is 2. The summed E-state index contributed by atoms with van der Waals surface area (Å²) >= 11 is 0. The van der Waals surface area contributed by atoms with E-state index in [4.69, 9.17) is 18.5 Å². The lowest BCUT2D eigenvalue weighted by Crippen LogP contribution is -2.38. The van der Waals surface area contributed by atoms with Crippen LogP contribution in [0, 0.1) is 5.41 Å². The lowest BCUT2D eigenvalue weighted by Gasteiger charge is -2.26. The van der Waals surface area contributed by atoms with Gasteiger partial charge in [-0.05, 0) is 43.7 Å². The SMILES string of the molecule is CC(C)(CCOC[P+](O)(OCc1ccccc1)OCc1ccccc1)CNC(=O)OC(C)(C)C. The van der Waals surface area contributed by atoms with Crippen LogP contribution in [0.3, 0.4) is 0 Å². The Hall–Kier alpha value is -2.02. The number of carbonyl (C=O) groups excluding carboxylic acids is 1. The molecule has 0 aliphatic rings. The van der Waals surface area contributed by atoms with Crippen LogP contribution in [0.15, 0.2) is 60.7 Å². The second kappa shape index (κ2) is 13.2. The molecular weight excluding hydrogens is 453 g/mol. The Bertz CT molecular complexity index is 811. The third kappa shape index (κ3) is 11.9. The Balaban J connectivity index is 1.84. The van der Waals surface area contributed by atoms with Crippen molar-refractivity contribution in [2.24, 2.45) is 5.41 Å². The van der Waals surface area contributed by atoms with Crippen LogP contribution in [0.4, 0.5) is 4.79 Å². The Morgan fingerprint density at radius 1 is 0.882 bits per heavy atom. The van der Waals surface area contributed by atoms with E-state index in [0.717, 1.165) is 11.1 Å². The summed E-state index contributed by atoms with van der Waals surface area (Å²) < 4.78 is 22.8. The Morgan fingerprint density at radius 3 is 1.85 bits per heavy atom. The second-order valence-corrected chi connectivity index (χ2v) is 12.0. The van der Waals surface area contributed by atoms with Gasteiger partial charge in [-0.3, -0.25) is 0 Å². The van der Waals surface area contributed by atoms with Crippen molar-refractivity contribution in [1.82, 2.24) is 5.32 Å². The lowest BCUT2D eigenvalue weighted by molar-refractivity contribution is 0.0489. The molecule has 0 atom stereocenters. The van der Waals surface area contributed by atoms with E-state index in [9.17, 15) is 9.69 Å². The maximum Gasteiger partial charge on any atom is 0.437 e. The van der Waals surface area contributed by atoms with Crippen molar-refractivity contribution in [3.05, 3.63) is 71.8 Å². The van der Waals surface area contributed by atoms with Crippen LogP contribution in [0.1, 0.15) is 52.2 Å². The van der Waals surface area contributed by atoms with Crippen molar-refractivity contribution in [2.75, 3.05) is 19.5 Å². The summed E-state index contributed by atoms with van der Waals surface area (Å²) in [7, 11) is -3.25. The van der Waals surface area contributed by atoms with Crippen molar-refractivity contribution in [3.63, 3.8) is 0 Å². The smallest absolute Gasteiger partial charge is 0.437 e. The van der Waals surface area contributed by atoms with Crippen LogP contribution in [0.25, 0.3) is 0 Å². The van der Waals surface area contributed by atoms with Gasteiger partial charge in [0.2, 0.25) is 6.35 Å². The van der Waals surface area contributed by atoms with E-state index < -0.39 is 19.6 Å². The van der Waals surface area contributed by atoms with Gasteiger partial charge in [-0.15, -0.1) is 0 Å².